The molecule has 8 heteroatoms. The Bertz CT molecular complexity index is 984. The zero-order valence-electron chi connectivity index (χ0n) is 19.7. The fourth-order valence-corrected chi connectivity index (χ4v) is 5.80. The predicted octanol–water partition coefficient (Wildman–Crippen LogP) is 8.04. The van der Waals surface area contributed by atoms with Gasteiger partial charge in [0.25, 0.3) is 0 Å². The minimum absolute atomic E-state index is 0.0403. The van der Waals surface area contributed by atoms with E-state index in [4.69, 9.17) is 0 Å². The van der Waals surface area contributed by atoms with Crippen LogP contribution in [0.3, 0.4) is 0 Å². The van der Waals surface area contributed by atoms with Crippen molar-refractivity contribution in [1.29, 1.82) is 0 Å². The summed E-state index contributed by atoms with van der Waals surface area (Å²) in [6.45, 7) is 6.05. The molecule has 3 fully saturated rings. The summed E-state index contributed by atoms with van der Waals surface area (Å²) >= 11 is 3.47. The van der Waals surface area contributed by atoms with Gasteiger partial charge in [0.1, 0.15) is 0 Å². The minimum Gasteiger partial charge on any atom is -0.312 e. The second-order valence-corrected chi connectivity index (χ2v) is 10.4. The van der Waals surface area contributed by atoms with Crippen LogP contribution in [0, 0.1) is 5.41 Å². The Morgan fingerprint density at radius 1 is 1.06 bits per heavy atom. The molecule has 0 unspecified atom stereocenters. The normalized spacial score (nSPS) is 23.3. The van der Waals surface area contributed by atoms with Gasteiger partial charge in [-0.3, -0.25) is 14.2 Å². The SMILES string of the molecule is C=C.O=C(CCCF)N(CC12CCC(c3ccc(C(F)(F)F)cn3)(CC1)CC2)c1cccc(Br)c1. The number of halogens is 5. The summed E-state index contributed by atoms with van der Waals surface area (Å²) in [7, 11) is 0. The highest BCUT2D eigenvalue weighted by Gasteiger charge is 2.51. The first kappa shape index (κ1) is 27.4. The lowest BCUT2D eigenvalue weighted by Crippen LogP contribution is -2.51. The van der Waals surface area contributed by atoms with Gasteiger partial charge in [-0.15, -0.1) is 13.2 Å². The number of fused-ring (bicyclic) bond motifs is 3. The number of benzene rings is 1. The molecular weight excluding hydrogens is 524 g/mol. The van der Waals surface area contributed by atoms with Gasteiger partial charge in [0.05, 0.1) is 12.2 Å². The monoisotopic (exact) mass is 554 g/mol. The number of hydrogen-bond acceptors (Lipinski definition) is 2. The van der Waals surface area contributed by atoms with E-state index in [1.807, 2.05) is 24.3 Å². The van der Waals surface area contributed by atoms with Crippen molar-refractivity contribution in [3.8, 4) is 0 Å². The molecule has 0 N–H and O–H groups in total. The third-order valence-electron chi connectivity index (χ3n) is 7.47. The van der Waals surface area contributed by atoms with E-state index in [1.54, 1.807) is 4.90 Å². The molecule has 2 bridgehead atoms. The number of nitrogens with zero attached hydrogens (tertiary/aromatic N) is 2. The second kappa shape index (κ2) is 11.2. The van der Waals surface area contributed by atoms with Gasteiger partial charge in [-0.05, 0) is 80.7 Å². The predicted molar refractivity (Wildman–Crippen MR) is 134 cm³/mol. The maximum atomic E-state index is 13.0. The molecule has 0 saturated heterocycles. The molecule has 0 radical (unpaired) electrons. The van der Waals surface area contributed by atoms with Crippen LogP contribution in [0.25, 0.3) is 0 Å². The van der Waals surface area contributed by atoms with Gasteiger partial charge in [-0.25, -0.2) is 0 Å². The van der Waals surface area contributed by atoms with Crippen molar-refractivity contribution in [3.63, 3.8) is 0 Å². The molecule has 3 aliphatic carbocycles. The zero-order chi connectivity index (χ0) is 25.7. The smallest absolute Gasteiger partial charge is 0.312 e. The second-order valence-electron chi connectivity index (χ2n) is 9.46. The molecule has 2 aromatic rings. The largest absolute Gasteiger partial charge is 0.417 e. The van der Waals surface area contributed by atoms with E-state index in [2.05, 4.69) is 34.1 Å². The van der Waals surface area contributed by atoms with Crippen LogP contribution in [0.4, 0.5) is 23.2 Å². The summed E-state index contributed by atoms with van der Waals surface area (Å²) in [6, 6.07) is 10.3. The van der Waals surface area contributed by atoms with Gasteiger partial charge in [0.2, 0.25) is 5.91 Å². The lowest BCUT2D eigenvalue weighted by molar-refractivity contribution is -0.137. The minimum atomic E-state index is -4.39. The highest BCUT2D eigenvalue weighted by atomic mass is 79.9. The number of rotatable bonds is 7. The average molecular weight is 555 g/mol. The topological polar surface area (TPSA) is 33.2 Å². The van der Waals surface area contributed by atoms with E-state index < -0.39 is 18.4 Å². The fourth-order valence-electron chi connectivity index (χ4n) is 5.42. The number of pyridine rings is 1. The van der Waals surface area contributed by atoms with Crippen LogP contribution in [0.2, 0.25) is 0 Å². The van der Waals surface area contributed by atoms with Crippen molar-refractivity contribution in [3.05, 3.63) is 71.5 Å². The molecule has 35 heavy (non-hydrogen) atoms. The highest BCUT2D eigenvalue weighted by Crippen LogP contribution is 2.58. The fraction of sp³-hybridized carbons (Fsp3) is 0.481. The lowest BCUT2D eigenvalue weighted by atomic mass is 9.52. The van der Waals surface area contributed by atoms with Gasteiger partial charge in [0.15, 0.2) is 0 Å². The quantitative estimate of drug-likeness (QED) is 0.256. The Balaban J connectivity index is 0.00000167. The lowest BCUT2D eigenvalue weighted by Gasteiger charge is -2.54. The highest BCUT2D eigenvalue weighted by molar-refractivity contribution is 9.10. The van der Waals surface area contributed by atoms with E-state index in [0.29, 0.717) is 6.54 Å². The van der Waals surface area contributed by atoms with E-state index in [0.717, 1.165) is 66.6 Å². The number of carbonyl (C=O) groups is 1. The van der Waals surface area contributed by atoms with Gasteiger partial charge in [-0.2, -0.15) is 13.2 Å². The van der Waals surface area contributed by atoms with Gasteiger partial charge in [-0.1, -0.05) is 22.0 Å². The van der Waals surface area contributed by atoms with E-state index >= 15 is 0 Å². The Morgan fingerprint density at radius 2 is 1.71 bits per heavy atom. The molecule has 1 heterocycles. The van der Waals surface area contributed by atoms with Crippen molar-refractivity contribution in [1.82, 2.24) is 4.98 Å². The summed E-state index contributed by atoms with van der Waals surface area (Å²) in [6.07, 6.45) is 2.12. The average Bonchev–Trinajstić information content (AvgIpc) is 2.88. The summed E-state index contributed by atoms with van der Waals surface area (Å²) in [5, 5.41) is 0. The van der Waals surface area contributed by atoms with Crippen LogP contribution in [0.15, 0.2) is 60.2 Å². The number of aromatic nitrogens is 1. The van der Waals surface area contributed by atoms with Crippen molar-refractivity contribution in [2.24, 2.45) is 5.41 Å². The summed E-state index contributed by atoms with van der Waals surface area (Å²) in [5.41, 5.74) is 0.590. The molecule has 1 aromatic carbocycles. The van der Waals surface area contributed by atoms with Crippen LogP contribution in [-0.2, 0) is 16.4 Å². The first-order chi connectivity index (χ1) is 16.7. The Hall–Kier alpha value is -2.22. The van der Waals surface area contributed by atoms with Crippen molar-refractivity contribution < 1.29 is 22.4 Å². The first-order valence-electron chi connectivity index (χ1n) is 11.8. The van der Waals surface area contributed by atoms with Crippen LogP contribution in [-0.4, -0.2) is 24.1 Å². The van der Waals surface area contributed by atoms with Crippen LogP contribution in [0.1, 0.15) is 62.6 Å². The standard InChI is InChI=1S/C25H27BrF4N2O.C2H4/c26-19-3-1-4-20(15-19)32(22(33)5-2-14-27)17-23-8-11-24(12-9-23,13-10-23)21-7-6-18(16-31-21)25(28,29)30;1-2/h1,3-4,6-7,15-16H,2,5,8-14,17H2;1-2H2. The maximum Gasteiger partial charge on any atom is 0.417 e. The van der Waals surface area contributed by atoms with Crippen LogP contribution >= 0.6 is 15.9 Å². The molecule has 5 rings (SSSR count). The van der Waals surface area contributed by atoms with Crippen molar-refractivity contribution in [2.75, 3.05) is 18.1 Å². The van der Waals surface area contributed by atoms with Crippen LogP contribution < -0.4 is 4.90 Å². The number of hydrogen-bond donors (Lipinski definition) is 0. The molecule has 190 valence electrons. The van der Waals surface area contributed by atoms with E-state index in [-0.39, 0.29) is 29.6 Å². The summed E-state index contributed by atoms with van der Waals surface area (Å²) < 4.78 is 52.4. The number of anilines is 1. The Labute approximate surface area is 212 Å². The van der Waals surface area contributed by atoms with Gasteiger partial charge in [0, 0.05) is 40.4 Å². The molecule has 0 aliphatic heterocycles. The third-order valence-corrected chi connectivity index (χ3v) is 7.97. The van der Waals surface area contributed by atoms with Gasteiger partial charge < -0.3 is 4.90 Å². The molecular formula is C27H31BrF4N2O. The number of carbonyl (C=O) groups excluding carboxylic acids is 1. The van der Waals surface area contributed by atoms with Gasteiger partial charge >= 0.3 is 6.18 Å². The molecule has 3 nitrogen and oxygen atoms in total. The van der Waals surface area contributed by atoms with E-state index in [9.17, 15) is 22.4 Å². The molecule has 0 atom stereocenters. The van der Waals surface area contributed by atoms with Crippen molar-refractivity contribution >= 4 is 27.5 Å². The third kappa shape index (κ3) is 6.13. The Morgan fingerprint density at radius 3 is 2.23 bits per heavy atom. The molecule has 1 amide bonds. The number of alkyl halides is 4. The molecule has 1 aromatic heterocycles. The first-order valence-corrected chi connectivity index (χ1v) is 12.6. The summed E-state index contributed by atoms with van der Waals surface area (Å²) in [5.74, 6) is -0.0769. The van der Waals surface area contributed by atoms with E-state index in [1.165, 1.54) is 6.07 Å². The van der Waals surface area contributed by atoms with Crippen LogP contribution in [0.5, 0.6) is 0 Å². The number of amides is 1. The van der Waals surface area contributed by atoms with Crippen molar-refractivity contribution in [2.45, 2.75) is 63.0 Å². The molecule has 0 spiro atoms. The zero-order valence-corrected chi connectivity index (χ0v) is 21.3. The Kier molecular flexibility index (Phi) is 8.78. The maximum absolute atomic E-state index is 13.0. The molecule has 3 aliphatic rings. The summed E-state index contributed by atoms with van der Waals surface area (Å²) in [4.78, 5) is 19.0. The molecule has 3 saturated carbocycles.